The number of hydrogen-bond donors (Lipinski definition) is 1. The van der Waals surface area contributed by atoms with Crippen molar-refractivity contribution in [2.24, 2.45) is 0 Å². The Kier molecular flexibility index (Phi) is 5.94. The largest absolute Gasteiger partial charge is 0.497 e. The molecule has 4 rings (SSSR count). The Balaban J connectivity index is 1.59. The average Bonchev–Trinajstić information content (AvgIpc) is 3.33. The number of amides is 1. The number of nitrogens with zero attached hydrogens (tertiary/aromatic N) is 1. The van der Waals surface area contributed by atoms with Crippen LogP contribution in [-0.2, 0) is 4.79 Å². The van der Waals surface area contributed by atoms with E-state index in [0.29, 0.717) is 11.4 Å². The molecule has 1 heterocycles. The summed E-state index contributed by atoms with van der Waals surface area (Å²) >= 11 is 0. The van der Waals surface area contributed by atoms with Gasteiger partial charge in [-0.3, -0.25) is 4.79 Å². The minimum Gasteiger partial charge on any atom is -0.497 e. The third-order valence-electron chi connectivity index (χ3n) is 4.98. The van der Waals surface area contributed by atoms with Gasteiger partial charge in [0.1, 0.15) is 17.7 Å². The lowest BCUT2D eigenvalue weighted by atomic mass is 9.94. The molecule has 0 saturated heterocycles. The Labute approximate surface area is 181 Å². The van der Waals surface area contributed by atoms with E-state index in [9.17, 15) is 4.79 Å². The maximum absolute atomic E-state index is 12.5. The van der Waals surface area contributed by atoms with Gasteiger partial charge in [-0.05, 0) is 59.5 Å². The van der Waals surface area contributed by atoms with Crippen LogP contribution < -0.4 is 10.1 Å². The highest BCUT2D eigenvalue weighted by atomic mass is 16.5. The Morgan fingerprint density at radius 2 is 1.77 bits per heavy atom. The Bertz CT molecular complexity index is 1210. The molecule has 0 aliphatic heterocycles. The first-order valence-electron chi connectivity index (χ1n) is 9.88. The second-order valence-electron chi connectivity index (χ2n) is 7.06. The predicted octanol–water partition coefficient (Wildman–Crippen LogP) is 5.98. The van der Waals surface area contributed by atoms with E-state index in [4.69, 9.17) is 9.26 Å². The van der Waals surface area contributed by atoms with Crippen molar-refractivity contribution in [3.05, 3.63) is 96.3 Å². The second-order valence-corrected chi connectivity index (χ2v) is 7.06. The summed E-state index contributed by atoms with van der Waals surface area (Å²) in [6.07, 6.45) is 4.81. The predicted molar refractivity (Wildman–Crippen MR) is 123 cm³/mol. The van der Waals surface area contributed by atoms with Crippen molar-refractivity contribution in [3.8, 4) is 28.1 Å². The molecular weight excluding hydrogens is 388 g/mol. The molecule has 0 fully saturated rings. The van der Waals surface area contributed by atoms with Crippen LogP contribution in [0.25, 0.3) is 28.5 Å². The zero-order valence-corrected chi connectivity index (χ0v) is 17.3. The highest BCUT2D eigenvalue weighted by molar-refractivity contribution is 6.02. The number of anilines is 1. The Morgan fingerprint density at radius 1 is 0.968 bits per heavy atom. The molecule has 1 N–H and O–H groups in total. The van der Waals surface area contributed by atoms with E-state index in [1.807, 2.05) is 60.7 Å². The summed E-state index contributed by atoms with van der Waals surface area (Å²) in [5.74, 6) is 0.557. The lowest BCUT2D eigenvalue weighted by Gasteiger charge is -2.13. The summed E-state index contributed by atoms with van der Waals surface area (Å²) < 4.78 is 10.2. The van der Waals surface area contributed by atoms with Crippen molar-refractivity contribution in [3.63, 3.8) is 0 Å². The molecule has 0 atom stereocenters. The summed E-state index contributed by atoms with van der Waals surface area (Å²) in [4.78, 5) is 12.5. The van der Waals surface area contributed by atoms with E-state index >= 15 is 0 Å². The number of ether oxygens (including phenoxy) is 1. The van der Waals surface area contributed by atoms with Gasteiger partial charge in [0.05, 0.1) is 7.11 Å². The molecular formula is C26H22N2O3. The van der Waals surface area contributed by atoms with Crippen molar-refractivity contribution < 1.29 is 14.1 Å². The van der Waals surface area contributed by atoms with E-state index in [-0.39, 0.29) is 5.91 Å². The SMILES string of the molecule is COc1ccc(C=CC(=O)Nc2ccc(-c3ccccc3C)c(-c3ccon3)c2)cc1. The fourth-order valence-electron chi connectivity index (χ4n) is 3.37. The van der Waals surface area contributed by atoms with Crippen LogP contribution in [-0.4, -0.2) is 18.2 Å². The minimum atomic E-state index is -0.217. The number of nitrogens with one attached hydrogen (secondary N) is 1. The van der Waals surface area contributed by atoms with E-state index in [1.54, 1.807) is 19.4 Å². The van der Waals surface area contributed by atoms with Gasteiger partial charge in [-0.15, -0.1) is 0 Å². The molecule has 31 heavy (non-hydrogen) atoms. The Hall–Kier alpha value is -4.12. The number of carbonyl (C=O) groups is 1. The molecule has 0 bridgehead atoms. The smallest absolute Gasteiger partial charge is 0.248 e. The quantitative estimate of drug-likeness (QED) is 0.397. The van der Waals surface area contributed by atoms with Gasteiger partial charge in [-0.2, -0.15) is 0 Å². The fraction of sp³-hybridized carbons (Fsp3) is 0.0769. The van der Waals surface area contributed by atoms with Crippen molar-refractivity contribution in [2.45, 2.75) is 6.92 Å². The van der Waals surface area contributed by atoms with Crippen LogP contribution in [0.15, 0.2) is 89.7 Å². The normalized spacial score (nSPS) is 10.9. The zero-order chi connectivity index (χ0) is 21.6. The van der Waals surface area contributed by atoms with Gasteiger partial charge in [0, 0.05) is 23.4 Å². The summed E-state index contributed by atoms with van der Waals surface area (Å²) in [6.45, 7) is 2.07. The topological polar surface area (TPSA) is 64.4 Å². The van der Waals surface area contributed by atoms with Gasteiger partial charge < -0.3 is 14.6 Å². The number of aromatic nitrogens is 1. The van der Waals surface area contributed by atoms with Crippen molar-refractivity contribution in [1.82, 2.24) is 5.16 Å². The number of carbonyl (C=O) groups excluding carboxylic acids is 1. The number of methoxy groups -OCH3 is 1. The summed E-state index contributed by atoms with van der Waals surface area (Å²) in [6, 6.07) is 23.3. The van der Waals surface area contributed by atoms with Crippen LogP contribution >= 0.6 is 0 Å². The van der Waals surface area contributed by atoms with Crippen LogP contribution in [0.3, 0.4) is 0 Å². The summed E-state index contributed by atoms with van der Waals surface area (Å²) in [5, 5.41) is 7.02. The summed E-state index contributed by atoms with van der Waals surface area (Å²) in [7, 11) is 1.62. The molecule has 1 amide bonds. The number of hydrogen-bond acceptors (Lipinski definition) is 4. The first kappa shape index (κ1) is 20.2. The van der Waals surface area contributed by atoms with Gasteiger partial charge in [0.25, 0.3) is 0 Å². The zero-order valence-electron chi connectivity index (χ0n) is 17.3. The second kappa shape index (κ2) is 9.13. The molecule has 5 heteroatoms. The fourth-order valence-corrected chi connectivity index (χ4v) is 3.37. The first-order valence-corrected chi connectivity index (χ1v) is 9.88. The lowest BCUT2D eigenvalue weighted by Crippen LogP contribution is -2.08. The maximum atomic E-state index is 12.5. The van der Waals surface area contributed by atoms with Gasteiger partial charge in [-0.25, -0.2) is 0 Å². The molecule has 0 aliphatic carbocycles. The molecule has 0 aliphatic rings. The standard InChI is InChI=1S/C26H22N2O3/c1-18-5-3-4-6-22(18)23-13-10-20(17-24(23)25-15-16-31-28-25)27-26(29)14-9-19-7-11-21(30-2)12-8-19/h3-17H,1-2H3,(H,27,29). The third kappa shape index (κ3) is 4.73. The highest BCUT2D eigenvalue weighted by Gasteiger charge is 2.13. The number of rotatable bonds is 6. The van der Waals surface area contributed by atoms with Gasteiger partial charge in [0.2, 0.25) is 5.91 Å². The van der Waals surface area contributed by atoms with Crippen molar-refractivity contribution in [2.75, 3.05) is 12.4 Å². The monoisotopic (exact) mass is 410 g/mol. The number of benzene rings is 3. The van der Waals surface area contributed by atoms with Crippen LogP contribution in [0.1, 0.15) is 11.1 Å². The molecule has 0 unspecified atom stereocenters. The molecule has 0 saturated carbocycles. The minimum absolute atomic E-state index is 0.217. The highest BCUT2D eigenvalue weighted by Crippen LogP contribution is 2.35. The van der Waals surface area contributed by atoms with Crippen molar-refractivity contribution in [1.29, 1.82) is 0 Å². The van der Waals surface area contributed by atoms with Crippen LogP contribution in [0.5, 0.6) is 5.75 Å². The maximum Gasteiger partial charge on any atom is 0.248 e. The first-order chi connectivity index (χ1) is 15.1. The average molecular weight is 410 g/mol. The molecule has 0 spiro atoms. The molecule has 0 radical (unpaired) electrons. The third-order valence-corrected chi connectivity index (χ3v) is 4.98. The molecule has 5 nitrogen and oxygen atoms in total. The van der Waals surface area contributed by atoms with Gasteiger partial charge in [0.15, 0.2) is 0 Å². The molecule has 3 aromatic carbocycles. The van der Waals surface area contributed by atoms with E-state index in [0.717, 1.165) is 33.6 Å². The lowest BCUT2D eigenvalue weighted by molar-refractivity contribution is -0.111. The van der Waals surface area contributed by atoms with E-state index in [2.05, 4.69) is 29.5 Å². The van der Waals surface area contributed by atoms with Gasteiger partial charge in [-0.1, -0.05) is 47.6 Å². The Morgan fingerprint density at radius 3 is 2.48 bits per heavy atom. The van der Waals surface area contributed by atoms with Gasteiger partial charge >= 0.3 is 0 Å². The summed E-state index contributed by atoms with van der Waals surface area (Å²) in [5.41, 5.74) is 6.49. The van der Waals surface area contributed by atoms with Crippen LogP contribution in [0.2, 0.25) is 0 Å². The van der Waals surface area contributed by atoms with E-state index in [1.165, 1.54) is 6.08 Å². The van der Waals surface area contributed by atoms with E-state index < -0.39 is 0 Å². The van der Waals surface area contributed by atoms with Crippen molar-refractivity contribution >= 4 is 17.7 Å². The molecule has 154 valence electrons. The number of aryl methyl sites for hydroxylation is 1. The van der Waals surface area contributed by atoms with Crippen LogP contribution in [0.4, 0.5) is 5.69 Å². The van der Waals surface area contributed by atoms with Crippen LogP contribution in [0, 0.1) is 6.92 Å². The molecule has 4 aromatic rings. The molecule has 1 aromatic heterocycles.